The molecule has 6 heteroatoms. The van der Waals surface area contributed by atoms with Gasteiger partial charge in [-0.3, -0.25) is 19.4 Å². The number of amides is 2. The van der Waals surface area contributed by atoms with E-state index in [0.717, 1.165) is 56.6 Å². The first-order valence-electron chi connectivity index (χ1n) is 10.4. The number of piperazine rings is 1. The van der Waals surface area contributed by atoms with Crippen molar-refractivity contribution in [2.24, 2.45) is 0 Å². The number of carbonyl (C=O) groups excluding carboxylic acids is 2. The summed E-state index contributed by atoms with van der Waals surface area (Å²) in [6, 6.07) is 8.39. The summed E-state index contributed by atoms with van der Waals surface area (Å²) in [4.78, 5) is 31.3. The van der Waals surface area contributed by atoms with Gasteiger partial charge < -0.3 is 10.2 Å². The number of hydrogen-bond acceptors (Lipinski definition) is 4. The van der Waals surface area contributed by atoms with Crippen LogP contribution in [0.1, 0.15) is 38.5 Å². The van der Waals surface area contributed by atoms with Crippen LogP contribution in [0.15, 0.2) is 24.3 Å². The van der Waals surface area contributed by atoms with E-state index < -0.39 is 0 Å². The molecule has 146 valence electrons. The van der Waals surface area contributed by atoms with E-state index in [1.54, 1.807) is 4.90 Å². The van der Waals surface area contributed by atoms with Crippen molar-refractivity contribution in [1.82, 2.24) is 9.80 Å². The predicted octanol–water partition coefficient (Wildman–Crippen LogP) is 2.31. The van der Waals surface area contributed by atoms with Crippen molar-refractivity contribution < 1.29 is 9.59 Å². The number of carbonyl (C=O) groups is 2. The van der Waals surface area contributed by atoms with Gasteiger partial charge >= 0.3 is 0 Å². The maximum absolute atomic E-state index is 12.6. The van der Waals surface area contributed by atoms with Crippen molar-refractivity contribution in [1.29, 1.82) is 0 Å². The molecule has 2 amide bonds. The molecular weight excluding hydrogens is 340 g/mol. The molecule has 1 aromatic carbocycles. The molecule has 6 nitrogen and oxygen atoms in total. The van der Waals surface area contributed by atoms with Gasteiger partial charge in [0.25, 0.3) is 0 Å². The number of nitrogens with one attached hydrogen (secondary N) is 1. The van der Waals surface area contributed by atoms with E-state index in [1.165, 1.54) is 25.7 Å². The highest BCUT2D eigenvalue weighted by Gasteiger charge is 2.27. The van der Waals surface area contributed by atoms with E-state index in [0.29, 0.717) is 13.0 Å². The SMILES string of the molecule is O=C(CN1CCN(C2CCCC2)CC1)Nc1ccccc1N1CCCC1=O. The van der Waals surface area contributed by atoms with E-state index in [1.807, 2.05) is 24.3 Å². The molecule has 3 aliphatic rings. The highest BCUT2D eigenvalue weighted by molar-refractivity contribution is 6.02. The number of para-hydroxylation sites is 2. The second-order valence-corrected chi connectivity index (χ2v) is 7.96. The maximum atomic E-state index is 12.6. The Morgan fingerprint density at radius 2 is 1.74 bits per heavy atom. The molecule has 0 aromatic heterocycles. The third kappa shape index (κ3) is 4.33. The van der Waals surface area contributed by atoms with Crippen molar-refractivity contribution in [3.05, 3.63) is 24.3 Å². The minimum atomic E-state index is 0.00316. The van der Waals surface area contributed by atoms with Gasteiger partial charge in [0.1, 0.15) is 0 Å². The molecule has 0 atom stereocenters. The largest absolute Gasteiger partial charge is 0.323 e. The summed E-state index contributed by atoms with van der Waals surface area (Å²) >= 11 is 0. The molecule has 2 aliphatic heterocycles. The Hall–Kier alpha value is -1.92. The van der Waals surface area contributed by atoms with Gasteiger partial charge in [-0.15, -0.1) is 0 Å². The number of nitrogens with zero attached hydrogens (tertiary/aromatic N) is 3. The lowest BCUT2D eigenvalue weighted by atomic mass is 10.2. The number of hydrogen-bond donors (Lipinski definition) is 1. The predicted molar refractivity (Wildman–Crippen MR) is 107 cm³/mol. The summed E-state index contributed by atoms with van der Waals surface area (Å²) in [7, 11) is 0. The number of benzene rings is 1. The van der Waals surface area contributed by atoms with Crippen molar-refractivity contribution in [3.8, 4) is 0 Å². The Kier molecular flexibility index (Phi) is 5.74. The van der Waals surface area contributed by atoms with Crippen molar-refractivity contribution in [2.45, 2.75) is 44.6 Å². The van der Waals surface area contributed by atoms with Crippen LogP contribution in [0.4, 0.5) is 11.4 Å². The van der Waals surface area contributed by atoms with Gasteiger partial charge in [0.05, 0.1) is 17.9 Å². The van der Waals surface area contributed by atoms with Gasteiger partial charge in [0, 0.05) is 45.2 Å². The lowest BCUT2D eigenvalue weighted by Crippen LogP contribution is -2.51. The average molecular weight is 370 g/mol. The zero-order valence-corrected chi connectivity index (χ0v) is 16.0. The summed E-state index contributed by atoms with van der Waals surface area (Å²) in [5, 5.41) is 3.03. The van der Waals surface area contributed by atoms with E-state index in [2.05, 4.69) is 15.1 Å². The Labute approximate surface area is 161 Å². The third-order valence-corrected chi connectivity index (χ3v) is 6.16. The quantitative estimate of drug-likeness (QED) is 0.864. The van der Waals surface area contributed by atoms with Gasteiger partial charge in [-0.05, 0) is 31.4 Å². The minimum Gasteiger partial charge on any atom is -0.323 e. The molecular formula is C21H30N4O2. The maximum Gasteiger partial charge on any atom is 0.238 e. The Morgan fingerprint density at radius 1 is 1.00 bits per heavy atom. The molecule has 0 unspecified atom stereocenters. The monoisotopic (exact) mass is 370 g/mol. The molecule has 0 spiro atoms. The molecule has 4 rings (SSSR count). The van der Waals surface area contributed by atoms with Crippen LogP contribution in [-0.2, 0) is 9.59 Å². The number of rotatable bonds is 5. The minimum absolute atomic E-state index is 0.00316. The molecule has 0 bridgehead atoms. The van der Waals surface area contributed by atoms with Crippen LogP contribution in [0.3, 0.4) is 0 Å². The van der Waals surface area contributed by atoms with Crippen LogP contribution in [-0.4, -0.2) is 66.9 Å². The first kappa shape index (κ1) is 18.4. The first-order valence-corrected chi connectivity index (χ1v) is 10.4. The van der Waals surface area contributed by atoms with Gasteiger partial charge in [0.2, 0.25) is 11.8 Å². The standard InChI is InChI=1S/C21H30N4O2/c26-20(16-23-12-14-24(15-13-23)17-6-1-2-7-17)22-18-8-3-4-9-19(18)25-11-5-10-21(25)27/h3-4,8-9,17H,1-2,5-7,10-16H2,(H,22,26). The molecule has 2 heterocycles. The van der Waals surface area contributed by atoms with Crippen LogP contribution in [0.5, 0.6) is 0 Å². The molecule has 1 aromatic rings. The highest BCUT2D eigenvalue weighted by Crippen LogP contribution is 2.29. The third-order valence-electron chi connectivity index (χ3n) is 6.16. The highest BCUT2D eigenvalue weighted by atomic mass is 16.2. The Bertz CT molecular complexity index is 679. The fourth-order valence-electron chi connectivity index (χ4n) is 4.67. The van der Waals surface area contributed by atoms with Crippen LogP contribution in [0.2, 0.25) is 0 Å². The van der Waals surface area contributed by atoms with E-state index in [9.17, 15) is 9.59 Å². The van der Waals surface area contributed by atoms with Crippen molar-refractivity contribution >= 4 is 23.2 Å². The molecule has 3 fully saturated rings. The zero-order valence-electron chi connectivity index (χ0n) is 16.0. The summed E-state index contributed by atoms with van der Waals surface area (Å²) < 4.78 is 0. The molecule has 2 saturated heterocycles. The summed E-state index contributed by atoms with van der Waals surface area (Å²) in [5.41, 5.74) is 1.56. The molecule has 0 radical (unpaired) electrons. The Morgan fingerprint density at radius 3 is 2.44 bits per heavy atom. The lowest BCUT2D eigenvalue weighted by molar-refractivity contribution is -0.118. The summed E-state index contributed by atoms with van der Waals surface area (Å²) in [6.45, 7) is 5.19. The van der Waals surface area contributed by atoms with Crippen molar-refractivity contribution in [2.75, 3.05) is 49.5 Å². The molecule has 27 heavy (non-hydrogen) atoms. The van der Waals surface area contributed by atoms with E-state index in [-0.39, 0.29) is 11.8 Å². The zero-order chi connectivity index (χ0) is 18.6. The van der Waals surface area contributed by atoms with Crippen LogP contribution in [0, 0.1) is 0 Å². The topological polar surface area (TPSA) is 55.9 Å². The summed E-state index contributed by atoms with van der Waals surface area (Å²) in [5.74, 6) is 0.142. The van der Waals surface area contributed by atoms with Crippen molar-refractivity contribution in [3.63, 3.8) is 0 Å². The normalized spacial score (nSPS) is 22.5. The first-order chi connectivity index (χ1) is 13.2. The lowest BCUT2D eigenvalue weighted by Gasteiger charge is -2.37. The fraction of sp³-hybridized carbons (Fsp3) is 0.619. The Balaban J connectivity index is 1.31. The smallest absolute Gasteiger partial charge is 0.238 e. The average Bonchev–Trinajstić information content (AvgIpc) is 3.35. The van der Waals surface area contributed by atoms with Crippen LogP contribution in [0.25, 0.3) is 0 Å². The van der Waals surface area contributed by atoms with E-state index in [4.69, 9.17) is 0 Å². The van der Waals surface area contributed by atoms with Gasteiger partial charge in [-0.1, -0.05) is 25.0 Å². The van der Waals surface area contributed by atoms with Gasteiger partial charge in [-0.25, -0.2) is 0 Å². The van der Waals surface area contributed by atoms with Crippen LogP contribution < -0.4 is 10.2 Å². The van der Waals surface area contributed by atoms with Gasteiger partial charge in [-0.2, -0.15) is 0 Å². The fourth-order valence-corrected chi connectivity index (χ4v) is 4.67. The second kappa shape index (κ2) is 8.40. The van der Waals surface area contributed by atoms with Crippen LogP contribution >= 0.6 is 0 Å². The second-order valence-electron chi connectivity index (χ2n) is 7.96. The molecule has 1 N–H and O–H groups in total. The van der Waals surface area contributed by atoms with E-state index >= 15 is 0 Å². The van der Waals surface area contributed by atoms with Gasteiger partial charge in [0.15, 0.2) is 0 Å². The molecule has 1 saturated carbocycles. The molecule has 1 aliphatic carbocycles. The summed E-state index contributed by atoms with van der Waals surface area (Å²) in [6.07, 6.45) is 6.89. The number of anilines is 2.